The summed E-state index contributed by atoms with van der Waals surface area (Å²) in [5, 5.41) is 0.450. The van der Waals surface area contributed by atoms with Gasteiger partial charge in [0.25, 0.3) is 0 Å². The average molecular weight is 310 g/mol. The zero-order chi connectivity index (χ0) is 15.7. The van der Waals surface area contributed by atoms with Crippen LogP contribution in [0.25, 0.3) is 0 Å². The highest BCUT2D eigenvalue weighted by molar-refractivity contribution is 8.05. The maximum Gasteiger partial charge on any atom is 0.349 e. The van der Waals surface area contributed by atoms with Gasteiger partial charge in [0, 0.05) is 18.4 Å². The molecule has 2 rings (SSSR count). The largest absolute Gasteiger partial charge is 0.462 e. The summed E-state index contributed by atoms with van der Waals surface area (Å²) in [5.74, 6) is 0.104. The van der Waals surface area contributed by atoms with Crippen LogP contribution in [0.4, 0.5) is 0 Å². The highest BCUT2D eigenvalue weighted by Crippen LogP contribution is 2.32. The molecule has 1 unspecified atom stereocenters. The Morgan fingerprint density at radius 1 is 1.38 bits per heavy atom. The lowest BCUT2D eigenvalue weighted by Gasteiger charge is -2.28. The molecule has 2 heterocycles. The lowest BCUT2D eigenvalue weighted by Crippen LogP contribution is -2.32. The highest BCUT2D eigenvalue weighted by atomic mass is 32.2. The second kappa shape index (κ2) is 6.13. The first kappa shape index (κ1) is 15.9. The van der Waals surface area contributed by atoms with Gasteiger partial charge in [-0.2, -0.15) is 0 Å². The molecule has 0 aliphatic carbocycles. The summed E-state index contributed by atoms with van der Waals surface area (Å²) >= 11 is 0. The van der Waals surface area contributed by atoms with E-state index in [9.17, 15) is 9.00 Å². The maximum absolute atomic E-state index is 12.4. The molecule has 0 aromatic carbocycles. The van der Waals surface area contributed by atoms with Crippen molar-refractivity contribution in [1.82, 2.24) is 4.90 Å². The van der Waals surface area contributed by atoms with Crippen LogP contribution in [0, 0.1) is 11.8 Å². The molecule has 0 aromatic heterocycles. The number of hydrogen-bond acceptors (Lipinski definition) is 5. The summed E-state index contributed by atoms with van der Waals surface area (Å²) in [7, 11) is -1.55. The van der Waals surface area contributed by atoms with Crippen molar-refractivity contribution < 1.29 is 13.7 Å². The number of hydrogen-bond donors (Lipinski definition) is 0. The average Bonchev–Trinajstić information content (AvgIpc) is 2.74. The fourth-order valence-electron chi connectivity index (χ4n) is 2.42. The Labute approximate surface area is 128 Å². The standard InChI is InChI=1S/C15H22N2O3S/c1-6-20-14(18)12-8-17-7-11(9(2)3)13(10(4)5)16-15(17)21(12)19/h8-10H,6-7H2,1-5H3. The van der Waals surface area contributed by atoms with Crippen molar-refractivity contribution in [2.45, 2.75) is 34.6 Å². The quantitative estimate of drug-likeness (QED) is 0.748. The maximum atomic E-state index is 12.4. The molecule has 0 saturated carbocycles. The molecule has 5 nitrogen and oxygen atoms in total. The van der Waals surface area contributed by atoms with E-state index >= 15 is 0 Å². The van der Waals surface area contributed by atoms with Crippen LogP contribution in [0.1, 0.15) is 34.6 Å². The van der Waals surface area contributed by atoms with Gasteiger partial charge < -0.3 is 9.64 Å². The molecule has 0 saturated heterocycles. The minimum absolute atomic E-state index is 0.184. The Morgan fingerprint density at radius 3 is 2.57 bits per heavy atom. The molecular weight excluding hydrogens is 288 g/mol. The van der Waals surface area contributed by atoms with Crippen LogP contribution >= 0.6 is 0 Å². The lowest BCUT2D eigenvalue weighted by atomic mass is 9.94. The van der Waals surface area contributed by atoms with E-state index in [4.69, 9.17) is 4.74 Å². The number of fused-ring (bicyclic) bond motifs is 1. The molecule has 116 valence electrons. The SMILES string of the molecule is CCOC(=O)C1=CN2CC(C(C)C)=C(C(C)C)N=C2S1=O. The van der Waals surface area contributed by atoms with E-state index in [1.807, 2.05) is 4.90 Å². The van der Waals surface area contributed by atoms with Gasteiger partial charge >= 0.3 is 5.97 Å². The summed E-state index contributed by atoms with van der Waals surface area (Å²) in [6, 6.07) is 0. The molecule has 0 fully saturated rings. The zero-order valence-electron chi connectivity index (χ0n) is 13.2. The van der Waals surface area contributed by atoms with E-state index in [2.05, 4.69) is 32.7 Å². The van der Waals surface area contributed by atoms with Crippen molar-refractivity contribution >= 4 is 21.9 Å². The van der Waals surface area contributed by atoms with Gasteiger partial charge in [-0.25, -0.2) is 14.0 Å². The van der Waals surface area contributed by atoms with Gasteiger partial charge in [-0.3, -0.25) is 0 Å². The number of aliphatic imine (C=N–C) groups is 1. The summed E-state index contributed by atoms with van der Waals surface area (Å²) < 4.78 is 17.4. The molecule has 0 spiro atoms. The smallest absolute Gasteiger partial charge is 0.349 e. The van der Waals surface area contributed by atoms with Gasteiger partial charge in [-0.05, 0) is 24.3 Å². The van der Waals surface area contributed by atoms with Gasteiger partial charge in [0.2, 0.25) is 5.17 Å². The predicted octanol–water partition coefficient (Wildman–Crippen LogP) is 2.39. The van der Waals surface area contributed by atoms with Crippen molar-refractivity contribution in [2.75, 3.05) is 13.2 Å². The molecule has 1 atom stereocenters. The van der Waals surface area contributed by atoms with Crippen molar-refractivity contribution in [3.8, 4) is 0 Å². The second-order valence-electron chi connectivity index (χ2n) is 5.72. The van der Waals surface area contributed by atoms with Crippen LogP contribution in [0.2, 0.25) is 0 Å². The lowest BCUT2D eigenvalue weighted by molar-refractivity contribution is -0.137. The van der Waals surface area contributed by atoms with Crippen LogP contribution < -0.4 is 0 Å². The topological polar surface area (TPSA) is 59.0 Å². The summed E-state index contributed by atoms with van der Waals surface area (Å²) in [6.07, 6.45) is 1.62. The monoisotopic (exact) mass is 310 g/mol. The minimum Gasteiger partial charge on any atom is -0.462 e. The fourth-order valence-corrected chi connectivity index (χ4v) is 3.56. The Hall–Kier alpha value is -1.43. The summed E-state index contributed by atoms with van der Waals surface area (Å²) in [4.78, 5) is 18.4. The van der Waals surface area contributed by atoms with Crippen LogP contribution in [0.15, 0.2) is 27.4 Å². The summed E-state index contributed by atoms with van der Waals surface area (Å²) in [6.45, 7) is 11.0. The van der Waals surface area contributed by atoms with Crippen LogP contribution in [-0.4, -0.2) is 33.4 Å². The third-order valence-electron chi connectivity index (χ3n) is 3.49. The van der Waals surface area contributed by atoms with Gasteiger partial charge in [-0.15, -0.1) is 0 Å². The molecule has 0 amide bonds. The number of rotatable bonds is 4. The van der Waals surface area contributed by atoms with E-state index in [1.165, 1.54) is 5.57 Å². The van der Waals surface area contributed by atoms with E-state index in [1.54, 1.807) is 13.1 Å². The Bertz CT molecular complexity index is 573. The van der Waals surface area contributed by atoms with Crippen LogP contribution in [-0.2, 0) is 20.3 Å². The van der Waals surface area contributed by atoms with E-state index in [0.29, 0.717) is 17.6 Å². The van der Waals surface area contributed by atoms with Gasteiger partial charge in [0.15, 0.2) is 0 Å². The van der Waals surface area contributed by atoms with Gasteiger partial charge in [0.1, 0.15) is 15.7 Å². The van der Waals surface area contributed by atoms with Crippen molar-refractivity contribution in [1.29, 1.82) is 0 Å². The molecule has 2 aliphatic heterocycles. The minimum atomic E-state index is -1.55. The Kier molecular flexibility index (Phi) is 4.66. The Morgan fingerprint density at radius 2 is 2.05 bits per heavy atom. The van der Waals surface area contributed by atoms with Crippen LogP contribution in [0.5, 0.6) is 0 Å². The van der Waals surface area contributed by atoms with Crippen LogP contribution in [0.3, 0.4) is 0 Å². The van der Waals surface area contributed by atoms with E-state index in [-0.39, 0.29) is 17.4 Å². The second-order valence-corrected chi connectivity index (χ2v) is 7.07. The Balaban J connectivity index is 2.37. The molecular formula is C15H22N2O3S. The third kappa shape index (κ3) is 2.95. The normalized spacial score (nSPS) is 21.7. The van der Waals surface area contributed by atoms with E-state index in [0.717, 1.165) is 5.70 Å². The van der Waals surface area contributed by atoms with E-state index < -0.39 is 16.8 Å². The molecule has 2 aliphatic rings. The molecule has 0 aromatic rings. The number of amidine groups is 1. The fraction of sp³-hybridized carbons (Fsp3) is 0.600. The first-order chi connectivity index (χ1) is 9.86. The van der Waals surface area contributed by atoms with Gasteiger partial charge in [0.05, 0.1) is 6.61 Å². The molecule has 0 bridgehead atoms. The molecule has 0 N–H and O–H groups in total. The van der Waals surface area contributed by atoms with Crippen molar-refractivity contribution in [3.63, 3.8) is 0 Å². The number of carbonyl (C=O) groups excluding carboxylic acids is 1. The first-order valence-corrected chi connectivity index (χ1v) is 8.40. The van der Waals surface area contributed by atoms with Gasteiger partial charge in [-0.1, -0.05) is 27.7 Å². The zero-order valence-corrected chi connectivity index (χ0v) is 14.0. The third-order valence-corrected chi connectivity index (χ3v) is 4.82. The molecule has 0 radical (unpaired) electrons. The van der Waals surface area contributed by atoms with Crippen molar-refractivity contribution in [2.24, 2.45) is 16.8 Å². The number of carbonyl (C=O) groups is 1. The number of allylic oxidation sites excluding steroid dienone is 1. The predicted molar refractivity (Wildman–Crippen MR) is 83.7 cm³/mol. The summed E-state index contributed by atoms with van der Waals surface area (Å²) in [5.41, 5.74) is 2.22. The number of ether oxygens (including phenoxy) is 1. The number of nitrogens with zero attached hydrogens (tertiary/aromatic N) is 2. The first-order valence-electron chi connectivity index (χ1n) is 7.25. The molecule has 21 heavy (non-hydrogen) atoms. The van der Waals surface area contributed by atoms with Crippen molar-refractivity contribution in [3.05, 3.63) is 22.4 Å². The highest BCUT2D eigenvalue weighted by Gasteiger charge is 2.37. The number of esters is 1. The molecule has 6 heteroatoms.